The largest absolute Gasteiger partial charge is 0.311 e. The van der Waals surface area contributed by atoms with Gasteiger partial charge in [0.05, 0.1) is 5.69 Å². The third-order valence-corrected chi connectivity index (χ3v) is 2.44. The maximum Gasteiger partial charge on any atom is 0.0522 e. The Morgan fingerprint density at radius 2 is 2.38 bits per heavy atom. The van der Waals surface area contributed by atoms with Gasteiger partial charge >= 0.3 is 0 Å². The highest BCUT2D eigenvalue weighted by atomic mass is 15.3. The van der Waals surface area contributed by atoms with Crippen LogP contribution in [0.15, 0.2) is 24.9 Å². The molecule has 1 heterocycles. The molecule has 0 spiro atoms. The molecule has 3 nitrogen and oxygen atoms in total. The van der Waals surface area contributed by atoms with Crippen LogP contribution in [0.4, 0.5) is 0 Å². The normalized spacial score (nSPS) is 10.9. The van der Waals surface area contributed by atoms with E-state index in [4.69, 9.17) is 0 Å². The maximum atomic E-state index is 4.33. The molecule has 0 aromatic carbocycles. The van der Waals surface area contributed by atoms with Gasteiger partial charge in [-0.1, -0.05) is 19.9 Å². The molecular formula is C13H23N3. The average Bonchev–Trinajstić information content (AvgIpc) is 2.66. The van der Waals surface area contributed by atoms with Crippen LogP contribution in [0.3, 0.4) is 0 Å². The summed E-state index contributed by atoms with van der Waals surface area (Å²) in [6.45, 7) is 11.1. The molecule has 90 valence electrons. The number of aryl methyl sites for hydroxylation is 1. The van der Waals surface area contributed by atoms with E-state index in [2.05, 4.69) is 41.6 Å². The Hall–Kier alpha value is -1.09. The Kier molecular flexibility index (Phi) is 5.86. The zero-order valence-corrected chi connectivity index (χ0v) is 10.4. The third-order valence-electron chi connectivity index (χ3n) is 2.44. The van der Waals surface area contributed by atoms with Crippen molar-refractivity contribution < 1.29 is 0 Å². The van der Waals surface area contributed by atoms with Gasteiger partial charge in [-0.3, -0.25) is 4.68 Å². The SMILES string of the molecule is C=CCCCn1nccc1CNCC(C)C. The number of aromatic nitrogens is 2. The molecule has 16 heavy (non-hydrogen) atoms. The van der Waals surface area contributed by atoms with Crippen molar-refractivity contribution in [1.29, 1.82) is 0 Å². The van der Waals surface area contributed by atoms with Crippen LogP contribution in [0.2, 0.25) is 0 Å². The number of hydrogen-bond acceptors (Lipinski definition) is 2. The lowest BCUT2D eigenvalue weighted by Crippen LogP contribution is -2.21. The highest BCUT2D eigenvalue weighted by Gasteiger charge is 2.01. The lowest BCUT2D eigenvalue weighted by molar-refractivity contribution is 0.509. The van der Waals surface area contributed by atoms with E-state index >= 15 is 0 Å². The van der Waals surface area contributed by atoms with Crippen molar-refractivity contribution in [3.05, 3.63) is 30.6 Å². The Morgan fingerprint density at radius 3 is 3.06 bits per heavy atom. The van der Waals surface area contributed by atoms with Gasteiger partial charge in [-0.15, -0.1) is 6.58 Å². The Balaban J connectivity index is 2.34. The molecule has 3 heteroatoms. The van der Waals surface area contributed by atoms with E-state index in [1.165, 1.54) is 5.69 Å². The Labute approximate surface area is 98.5 Å². The summed E-state index contributed by atoms with van der Waals surface area (Å²) in [5.74, 6) is 0.692. The molecule has 1 aromatic heterocycles. The van der Waals surface area contributed by atoms with E-state index in [0.29, 0.717) is 5.92 Å². The average molecular weight is 221 g/mol. The summed E-state index contributed by atoms with van der Waals surface area (Å²) < 4.78 is 2.08. The summed E-state index contributed by atoms with van der Waals surface area (Å²) in [5, 5.41) is 7.77. The number of nitrogens with zero attached hydrogens (tertiary/aromatic N) is 2. The minimum atomic E-state index is 0.692. The molecule has 0 saturated heterocycles. The fourth-order valence-electron chi connectivity index (χ4n) is 1.59. The van der Waals surface area contributed by atoms with E-state index in [9.17, 15) is 0 Å². The summed E-state index contributed by atoms with van der Waals surface area (Å²) in [4.78, 5) is 0. The lowest BCUT2D eigenvalue weighted by atomic mass is 10.2. The van der Waals surface area contributed by atoms with Gasteiger partial charge in [-0.2, -0.15) is 5.10 Å². The van der Waals surface area contributed by atoms with Gasteiger partial charge in [0.2, 0.25) is 0 Å². The highest BCUT2D eigenvalue weighted by Crippen LogP contribution is 2.02. The van der Waals surface area contributed by atoms with Gasteiger partial charge in [0.1, 0.15) is 0 Å². The number of rotatable bonds is 8. The molecule has 0 aliphatic rings. The topological polar surface area (TPSA) is 29.9 Å². The quantitative estimate of drug-likeness (QED) is 0.540. The molecule has 0 aliphatic carbocycles. The summed E-state index contributed by atoms with van der Waals surface area (Å²) in [6.07, 6.45) is 6.00. The summed E-state index contributed by atoms with van der Waals surface area (Å²) >= 11 is 0. The fourth-order valence-corrected chi connectivity index (χ4v) is 1.59. The minimum Gasteiger partial charge on any atom is -0.311 e. The Morgan fingerprint density at radius 1 is 1.56 bits per heavy atom. The van der Waals surface area contributed by atoms with Crippen molar-refractivity contribution in [2.24, 2.45) is 5.92 Å². The number of nitrogens with one attached hydrogen (secondary N) is 1. The first kappa shape index (κ1) is 13.0. The monoisotopic (exact) mass is 221 g/mol. The van der Waals surface area contributed by atoms with Crippen LogP contribution in [-0.2, 0) is 13.1 Å². The number of hydrogen-bond donors (Lipinski definition) is 1. The van der Waals surface area contributed by atoms with Crippen LogP contribution in [0.25, 0.3) is 0 Å². The summed E-state index contributed by atoms with van der Waals surface area (Å²) in [5.41, 5.74) is 1.27. The molecular weight excluding hydrogens is 198 g/mol. The minimum absolute atomic E-state index is 0.692. The number of allylic oxidation sites excluding steroid dienone is 1. The lowest BCUT2D eigenvalue weighted by Gasteiger charge is -2.09. The first-order valence-corrected chi connectivity index (χ1v) is 6.06. The van der Waals surface area contributed by atoms with E-state index in [1.807, 2.05) is 12.3 Å². The maximum absolute atomic E-state index is 4.33. The first-order chi connectivity index (χ1) is 7.74. The van der Waals surface area contributed by atoms with E-state index < -0.39 is 0 Å². The zero-order chi connectivity index (χ0) is 11.8. The van der Waals surface area contributed by atoms with Crippen molar-refractivity contribution in [2.75, 3.05) is 6.54 Å². The van der Waals surface area contributed by atoms with Crippen molar-refractivity contribution in [3.63, 3.8) is 0 Å². The van der Waals surface area contributed by atoms with Crippen LogP contribution < -0.4 is 5.32 Å². The van der Waals surface area contributed by atoms with Crippen LogP contribution in [0.1, 0.15) is 32.4 Å². The predicted octanol–water partition coefficient (Wildman–Crippen LogP) is 2.59. The van der Waals surface area contributed by atoms with Gasteiger partial charge in [-0.25, -0.2) is 0 Å². The smallest absolute Gasteiger partial charge is 0.0522 e. The first-order valence-electron chi connectivity index (χ1n) is 6.06. The molecule has 0 aliphatic heterocycles. The summed E-state index contributed by atoms with van der Waals surface area (Å²) in [7, 11) is 0. The molecule has 1 rings (SSSR count). The second-order valence-electron chi connectivity index (χ2n) is 4.50. The summed E-state index contributed by atoms with van der Waals surface area (Å²) in [6, 6.07) is 2.08. The third kappa shape index (κ3) is 4.62. The molecule has 0 unspecified atom stereocenters. The van der Waals surface area contributed by atoms with Crippen molar-refractivity contribution in [1.82, 2.24) is 15.1 Å². The van der Waals surface area contributed by atoms with Gasteiger partial charge in [0.25, 0.3) is 0 Å². The Bertz CT molecular complexity index is 302. The molecule has 0 amide bonds. The molecule has 1 aromatic rings. The molecule has 0 saturated carbocycles. The fraction of sp³-hybridized carbons (Fsp3) is 0.615. The standard InChI is InChI=1S/C13H23N3/c1-4-5-6-9-16-13(7-8-15-16)11-14-10-12(2)3/h4,7-8,12,14H,1,5-6,9-11H2,2-3H3. The van der Waals surface area contributed by atoms with Crippen molar-refractivity contribution in [3.8, 4) is 0 Å². The second-order valence-corrected chi connectivity index (χ2v) is 4.50. The molecule has 0 atom stereocenters. The van der Waals surface area contributed by atoms with Gasteiger partial charge in [0, 0.05) is 19.3 Å². The van der Waals surface area contributed by atoms with Crippen molar-refractivity contribution in [2.45, 2.75) is 39.8 Å². The highest BCUT2D eigenvalue weighted by molar-refractivity contribution is 5.00. The van der Waals surface area contributed by atoms with Crippen LogP contribution in [-0.4, -0.2) is 16.3 Å². The molecule has 0 fully saturated rings. The van der Waals surface area contributed by atoms with E-state index in [1.54, 1.807) is 0 Å². The predicted molar refractivity (Wildman–Crippen MR) is 68.2 cm³/mol. The van der Waals surface area contributed by atoms with Gasteiger partial charge < -0.3 is 5.32 Å². The zero-order valence-electron chi connectivity index (χ0n) is 10.4. The van der Waals surface area contributed by atoms with Crippen LogP contribution in [0, 0.1) is 5.92 Å². The van der Waals surface area contributed by atoms with Crippen LogP contribution in [0.5, 0.6) is 0 Å². The number of unbranched alkanes of at least 4 members (excludes halogenated alkanes) is 1. The van der Waals surface area contributed by atoms with Crippen molar-refractivity contribution >= 4 is 0 Å². The van der Waals surface area contributed by atoms with E-state index in [0.717, 1.165) is 32.5 Å². The molecule has 1 N–H and O–H groups in total. The molecule has 0 radical (unpaired) electrons. The van der Waals surface area contributed by atoms with Gasteiger partial charge in [0.15, 0.2) is 0 Å². The van der Waals surface area contributed by atoms with Gasteiger partial charge in [-0.05, 0) is 31.4 Å². The molecule has 0 bridgehead atoms. The van der Waals surface area contributed by atoms with E-state index in [-0.39, 0.29) is 0 Å². The van der Waals surface area contributed by atoms with Crippen LogP contribution >= 0.6 is 0 Å². The second kappa shape index (κ2) is 7.23.